The van der Waals surface area contributed by atoms with Crippen LogP contribution in [0.15, 0.2) is 47.7 Å². The molecular weight excluding hydrogens is 276 g/mol. The van der Waals surface area contributed by atoms with Crippen molar-refractivity contribution in [1.29, 1.82) is 0 Å². The molecule has 0 spiro atoms. The minimum absolute atomic E-state index is 0.369. The monoisotopic (exact) mass is 288 g/mol. The predicted octanol–water partition coefficient (Wildman–Crippen LogP) is 0.996. The number of carboxylic acid groups (broad SMARTS) is 1. The molecule has 0 bridgehead atoms. The Morgan fingerprint density at radius 3 is 3.09 bits per heavy atom. The highest BCUT2D eigenvalue weighted by Crippen LogP contribution is 2.31. The molecule has 0 unspecified atom stereocenters. The van der Waals surface area contributed by atoms with E-state index >= 15 is 0 Å². The van der Waals surface area contributed by atoms with Gasteiger partial charge in [-0.3, -0.25) is 0 Å². The van der Waals surface area contributed by atoms with E-state index in [4.69, 9.17) is 4.98 Å². The van der Waals surface area contributed by atoms with Gasteiger partial charge in [-0.15, -0.1) is 0 Å². The van der Waals surface area contributed by atoms with Gasteiger partial charge in [0.05, 0.1) is 22.0 Å². The van der Waals surface area contributed by atoms with Crippen molar-refractivity contribution in [3.05, 3.63) is 64.0 Å². The quantitative estimate of drug-likeness (QED) is 0.851. The lowest BCUT2D eigenvalue weighted by molar-refractivity contribution is -0.132. The van der Waals surface area contributed by atoms with Gasteiger partial charge in [-0.1, -0.05) is 12.2 Å². The Morgan fingerprint density at radius 2 is 2.23 bits per heavy atom. The first kappa shape index (κ1) is 11.7. The maximum atomic E-state index is 11.2. The van der Waals surface area contributed by atoms with E-state index in [9.17, 15) is 9.90 Å². The van der Waals surface area contributed by atoms with Gasteiger partial charge in [0.2, 0.25) is 0 Å². The Bertz CT molecular complexity index is 1050. The molecule has 5 rings (SSSR count). The number of allylic oxidation sites excluding steroid dienone is 4. The zero-order valence-corrected chi connectivity index (χ0v) is 11.7. The average molecular weight is 288 g/mol. The van der Waals surface area contributed by atoms with E-state index in [1.54, 1.807) is 12.2 Å². The number of fused-ring (bicyclic) bond motifs is 6. The fourth-order valence-corrected chi connectivity index (χ4v) is 3.62. The summed E-state index contributed by atoms with van der Waals surface area (Å²) in [4.78, 5) is 15.9. The van der Waals surface area contributed by atoms with Gasteiger partial charge in [0.25, 0.3) is 0 Å². The van der Waals surface area contributed by atoms with Crippen LogP contribution in [0.25, 0.3) is 22.9 Å². The Labute approximate surface area is 126 Å². The zero-order valence-electron chi connectivity index (χ0n) is 11.7. The van der Waals surface area contributed by atoms with E-state index in [0.29, 0.717) is 5.57 Å². The number of carboxylic acids is 1. The lowest BCUT2D eigenvalue weighted by atomic mass is 10.0. The van der Waals surface area contributed by atoms with Crippen LogP contribution < -0.4 is 10.7 Å². The number of hydrogen-bond donors (Lipinski definition) is 1. The zero-order chi connectivity index (χ0) is 14.8. The molecule has 0 aromatic rings. The van der Waals surface area contributed by atoms with Crippen LogP contribution in [0.4, 0.5) is 0 Å². The van der Waals surface area contributed by atoms with Gasteiger partial charge in [0.15, 0.2) is 0 Å². The molecule has 0 saturated heterocycles. The van der Waals surface area contributed by atoms with E-state index in [0.717, 1.165) is 40.5 Å². The molecule has 3 heterocycles. The number of rotatable bonds is 1. The van der Waals surface area contributed by atoms with E-state index in [2.05, 4.69) is 16.7 Å². The molecule has 22 heavy (non-hydrogen) atoms. The number of aromatic nitrogens is 2. The molecule has 1 N–H and O–H groups in total. The van der Waals surface area contributed by atoms with E-state index in [-0.39, 0.29) is 0 Å². The second kappa shape index (κ2) is 3.85. The highest BCUT2D eigenvalue weighted by molar-refractivity contribution is 5.99. The summed E-state index contributed by atoms with van der Waals surface area (Å²) in [6.07, 6.45) is 12.7. The highest BCUT2D eigenvalue weighted by Gasteiger charge is 2.27. The largest absolute Gasteiger partial charge is 0.478 e. The third kappa shape index (κ3) is 1.36. The normalized spacial score (nSPS) is 17.7. The van der Waals surface area contributed by atoms with Gasteiger partial charge >= 0.3 is 5.97 Å². The summed E-state index contributed by atoms with van der Waals surface area (Å²) in [5, 5.41) is 11.4. The number of pyridine rings is 1. The third-order valence-electron chi connectivity index (χ3n) is 4.57. The van der Waals surface area contributed by atoms with E-state index in [1.165, 1.54) is 11.1 Å². The lowest BCUT2D eigenvalue weighted by Crippen LogP contribution is -2.20. The van der Waals surface area contributed by atoms with Crippen LogP contribution in [0.3, 0.4) is 0 Å². The standard InChI is InChI=1S/C18H12N2O2/c21-18(22)10-7-11-9-20-6-5-15-16(17(20)13(11)8-10)12-3-1-2-4-14(12)19-15/h1-2,4-8H,3,9H2,(H,21,22). The van der Waals surface area contributed by atoms with Crippen molar-refractivity contribution in [1.82, 2.24) is 9.55 Å². The summed E-state index contributed by atoms with van der Waals surface area (Å²) in [5.74, 6) is -0.868. The average Bonchev–Trinajstić information content (AvgIpc) is 3.15. The minimum atomic E-state index is -0.868. The van der Waals surface area contributed by atoms with Crippen LogP contribution in [-0.2, 0) is 17.8 Å². The van der Waals surface area contributed by atoms with Gasteiger partial charge in [0.1, 0.15) is 0 Å². The fraction of sp³-hybridized carbons (Fsp3) is 0.111. The van der Waals surface area contributed by atoms with Gasteiger partial charge in [0, 0.05) is 23.9 Å². The minimum Gasteiger partial charge on any atom is -0.478 e. The molecule has 0 aromatic carbocycles. The topological polar surface area (TPSA) is 55.1 Å². The summed E-state index contributed by atoms with van der Waals surface area (Å²) in [7, 11) is 0. The molecule has 0 aromatic heterocycles. The molecule has 0 radical (unpaired) electrons. The molecule has 2 aliphatic carbocycles. The highest BCUT2D eigenvalue weighted by atomic mass is 16.4. The summed E-state index contributed by atoms with van der Waals surface area (Å²) in [6, 6.07) is 2.05. The summed E-state index contributed by atoms with van der Waals surface area (Å²) < 4.78 is 2.19. The third-order valence-corrected chi connectivity index (χ3v) is 4.57. The fourth-order valence-electron chi connectivity index (χ4n) is 3.62. The maximum Gasteiger partial charge on any atom is 0.335 e. The molecule has 0 amide bonds. The van der Waals surface area contributed by atoms with Crippen molar-refractivity contribution >= 4 is 17.6 Å². The molecular formula is C18H12N2O2. The molecule has 0 saturated carbocycles. The second-order valence-corrected chi connectivity index (χ2v) is 5.82. The van der Waals surface area contributed by atoms with Gasteiger partial charge < -0.3 is 9.67 Å². The van der Waals surface area contributed by atoms with Crippen LogP contribution in [0, 0.1) is 0 Å². The molecule has 106 valence electrons. The van der Waals surface area contributed by atoms with Crippen molar-refractivity contribution in [2.75, 3.05) is 0 Å². The number of carbonyl (C=O) groups is 1. The van der Waals surface area contributed by atoms with Crippen molar-refractivity contribution in [3.63, 3.8) is 0 Å². The Kier molecular flexibility index (Phi) is 2.06. The second-order valence-electron chi connectivity index (χ2n) is 5.82. The summed E-state index contributed by atoms with van der Waals surface area (Å²) in [6.45, 7) is 0.730. The smallest absolute Gasteiger partial charge is 0.335 e. The molecule has 5 aliphatic rings. The first-order valence-electron chi connectivity index (χ1n) is 7.27. The van der Waals surface area contributed by atoms with Crippen LogP contribution >= 0.6 is 0 Å². The summed E-state index contributed by atoms with van der Waals surface area (Å²) >= 11 is 0. The SMILES string of the molecule is O=C(O)C1=CC2=c3c4c5c(nc-4ccn3CC2=C1)=CC=CC5. The Morgan fingerprint density at radius 1 is 1.32 bits per heavy atom. The van der Waals surface area contributed by atoms with Crippen molar-refractivity contribution < 1.29 is 9.90 Å². The Hall–Kier alpha value is -2.88. The van der Waals surface area contributed by atoms with Gasteiger partial charge in [-0.25, -0.2) is 9.78 Å². The molecule has 4 heteroatoms. The van der Waals surface area contributed by atoms with E-state index < -0.39 is 5.97 Å². The number of nitrogens with zero attached hydrogens (tertiary/aromatic N) is 2. The Balaban J connectivity index is 1.93. The maximum absolute atomic E-state index is 11.2. The van der Waals surface area contributed by atoms with Crippen LogP contribution in [0.5, 0.6) is 0 Å². The van der Waals surface area contributed by atoms with E-state index in [1.807, 2.05) is 18.3 Å². The van der Waals surface area contributed by atoms with Crippen molar-refractivity contribution in [2.24, 2.45) is 0 Å². The van der Waals surface area contributed by atoms with Crippen molar-refractivity contribution in [3.8, 4) is 11.3 Å². The van der Waals surface area contributed by atoms with Gasteiger partial charge in [-0.2, -0.15) is 0 Å². The predicted molar refractivity (Wildman–Crippen MR) is 82.6 cm³/mol. The van der Waals surface area contributed by atoms with Crippen LogP contribution in [0.2, 0.25) is 0 Å². The summed E-state index contributed by atoms with van der Waals surface area (Å²) in [5.41, 5.74) is 5.88. The molecule has 0 atom stereocenters. The van der Waals surface area contributed by atoms with Gasteiger partial charge in [-0.05, 0) is 41.9 Å². The lowest BCUT2D eigenvalue weighted by Gasteiger charge is -2.08. The first-order valence-corrected chi connectivity index (χ1v) is 7.27. The molecule has 3 aliphatic heterocycles. The number of hydrogen-bond acceptors (Lipinski definition) is 2. The van der Waals surface area contributed by atoms with Crippen LogP contribution in [0.1, 0.15) is 5.56 Å². The number of aliphatic carboxylic acids is 1. The molecule has 0 fully saturated rings. The molecule has 4 nitrogen and oxygen atoms in total. The van der Waals surface area contributed by atoms with Crippen LogP contribution in [-0.4, -0.2) is 20.6 Å². The first-order chi connectivity index (χ1) is 10.7. The van der Waals surface area contributed by atoms with Crippen molar-refractivity contribution in [2.45, 2.75) is 13.0 Å².